The number of pyridine rings is 1. The standard InChI is InChI=1S/C22H21BrN6O2S/c1-14-2-4-15(5-3-14)18-7-6-16(12-25-18)17-13-26-29-20(24)19(23)22(27-21(17)29)28-8-10-32(30,31)11-9-28/h2-7,12-13H,8-11,24H2,1H3. The molecule has 1 fully saturated rings. The van der Waals surface area contributed by atoms with Gasteiger partial charge in [0.1, 0.15) is 16.1 Å². The topological polar surface area (TPSA) is 106 Å². The first-order valence-corrected chi connectivity index (χ1v) is 12.8. The summed E-state index contributed by atoms with van der Waals surface area (Å²) in [5.41, 5.74) is 11.7. The fourth-order valence-corrected chi connectivity index (χ4v) is 5.48. The fraction of sp³-hybridized carbons (Fsp3) is 0.227. The number of aryl methyl sites for hydroxylation is 1. The van der Waals surface area contributed by atoms with Crippen molar-refractivity contribution in [3.05, 3.63) is 58.8 Å². The van der Waals surface area contributed by atoms with Gasteiger partial charge in [0.15, 0.2) is 15.5 Å². The highest BCUT2D eigenvalue weighted by Crippen LogP contribution is 2.34. The Morgan fingerprint density at radius 3 is 2.34 bits per heavy atom. The van der Waals surface area contributed by atoms with Crippen LogP contribution in [0.15, 0.2) is 53.3 Å². The lowest BCUT2D eigenvalue weighted by Crippen LogP contribution is -2.41. The Balaban J connectivity index is 1.53. The Kier molecular flexibility index (Phi) is 5.13. The molecule has 10 heteroatoms. The summed E-state index contributed by atoms with van der Waals surface area (Å²) in [5.74, 6) is 1.23. The number of rotatable bonds is 3. The zero-order valence-electron chi connectivity index (χ0n) is 17.4. The zero-order chi connectivity index (χ0) is 22.5. The first kappa shape index (κ1) is 20.9. The second kappa shape index (κ2) is 7.86. The molecule has 4 aromatic rings. The first-order chi connectivity index (χ1) is 15.3. The summed E-state index contributed by atoms with van der Waals surface area (Å²) in [6.45, 7) is 2.80. The minimum Gasteiger partial charge on any atom is -0.383 e. The predicted molar refractivity (Wildman–Crippen MR) is 129 cm³/mol. The van der Waals surface area contributed by atoms with Gasteiger partial charge in [0.25, 0.3) is 0 Å². The smallest absolute Gasteiger partial charge is 0.167 e. The normalized spacial score (nSPS) is 15.9. The van der Waals surface area contributed by atoms with Gasteiger partial charge in [-0.3, -0.25) is 4.98 Å². The molecule has 8 nitrogen and oxygen atoms in total. The van der Waals surface area contributed by atoms with Crippen molar-refractivity contribution in [1.29, 1.82) is 0 Å². The van der Waals surface area contributed by atoms with Gasteiger partial charge in [-0.2, -0.15) is 9.61 Å². The van der Waals surface area contributed by atoms with Crippen LogP contribution in [0.5, 0.6) is 0 Å². The van der Waals surface area contributed by atoms with Crippen molar-refractivity contribution in [3.63, 3.8) is 0 Å². The van der Waals surface area contributed by atoms with Crippen LogP contribution in [0.1, 0.15) is 5.56 Å². The summed E-state index contributed by atoms with van der Waals surface area (Å²) in [4.78, 5) is 11.4. The number of nitrogens with zero attached hydrogens (tertiary/aromatic N) is 5. The van der Waals surface area contributed by atoms with E-state index in [1.807, 2.05) is 17.0 Å². The minimum atomic E-state index is -3.00. The van der Waals surface area contributed by atoms with E-state index in [9.17, 15) is 8.42 Å². The molecule has 0 radical (unpaired) electrons. The minimum absolute atomic E-state index is 0.0999. The molecule has 0 unspecified atom stereocenters. The number of sulfone groups is 1. The fourth-order valence-electron chi connectivity index (χ4n) is 3.77. The van der Waals surface area contributed by atoms with Crippen molar-refractivity contribution in [3.8, 4) is 22.4 Å². The lowest BCUT2D eigenvalue weighted by Gasteiger charge is -2.28. The SMILES string of the molecule is Cc1ccc(-c2ccc(-c3cnn4c(N)c(Br)c(N5CCS(=O)(=O)CC5)nc34)cn2)cc1. The quantitative estimate of drug-likeness (QED) is 0.448. The predicted octanol–water partition coefficient (Wildman–Crippen LogP) is 3.35. The van der Waals surface area contributed by atoms with Crippen LogP contribution in [0, 0.1) is 6.92 Å². The van der Waals surface area contributed by atoms with E-state index in [0.717, 1.165) is 22.4 Å². The number of hydrogen-bond acceptors (Lipinski definition) is 7. The van der Waals surface area contributed by atoms with Crippen LogP contribution >= 0.6 is 15.9 Å². The van der Waals surface area contributed by atoms with Gasteiger partial charge in [-0.25, -0.2) is 13.4 Å². The number of anilines is 2. The maximum Gasteiger partial charge on any atom is 0.167 e. The van der Waals surface area contributed by atoms with Crippen molar-refractivity contribution in [2.45, 2.75) is 6.92 Å². The van der Waals surface area contributed by atoms with E-state index in [1.54, 1.807) is 16.9 Å². The van der Waals surface area contributed by atoms with Crippen molar-refractivity contribution in [1.82, 2.24) is 19.6 Å². The molecule has 164 valence electrons. The molecule has 0 spiro atoms. The van der Waals surface area contributed by atoms with Gasteiger partial charge >= 0.3 is 0 Å². The van der Waals surface area contributed by atoms with Gasteiger partial charge in [0.2, 0.25) is 0 Å². The van der Waals surface area contributed by atoms with Crippen LogP contribution in [-0.4, -0.2) is 52.6 Å². The summed E-state index contributed by atoms with van der Waals surface area (Å²) in [7, 11) is -3.00. The Hall–Kier alpha value is -2.98. The van der Waals surface area contributed by atoms with E-state index >= 15 is 0 Å². The van der Waals surface area contributed by atoms with Gasteiger partial charge in [0.05, 0.1) is 23.4 Å². The van der Waals surface area contributed by atoms with Crippen LogP contribution in [0.3, 0.4) is 0 Å². The van der Waals surface area contributed by atoms with E-state index < -0.39 is 9.84 Å². The monoisotopic (exact) mass is 512 g/mol. The van der Waals surface area contributed by atoms with E-state index in [0.29, 0.717) is 34.8 Å². The largest absolute Gasteiger partial charge is 0.383 e. The summed E-state index contributed by atoms with van der Waals surface area (Å²) in [5, 5.41) is 4.41. The Bertz CT molecular complexity index is 1400. The van der Waals surface area contributed by atoms with Gasteiger partial charge in [-0.15, -0.1) is 0 Å². The maximum atomic E-state index is 11.8. The highest BCUT2D eigenvalue weighted by molar-refractivity contribution is 9.10. The van der Waals surface area contributed by atoms with Crippen molar-refractivity contribution < 1.29 is 8.42 Å². The molecule has 3 aromatic heterocycles. The van der Waals surface area contributed by atoms with Crippen LogP contribution in [-0.2, 0) is 9.84 Å². The molecule has 1 aliphatic rings. The van der Waals surface area contributed by atoms with Gasteiger partial charge < -0.3 is 10.6 Å². The molecule has 1 saturated heterocycles. The maximum absolute atomic E-state index is 11.8. The number of nitrogens with two attached hydrogens (primary N) is 1. The molecule has 0 bridgehead atoms. The van der Waals surface area contributed by atoms with Gasteiger partial charge in [-0.1, -0.05) is 35.9 Å². The molecular weight excluding hydrogens is 492 g/mol. The number of aromatic nitrogens is 4. The average molecular weight is 513 g/mol. The Morgan fingerprint density at radius 2 is 1.69 bits per heavy atom. The van der Waals surface area contributed by atoms with Crippen molar-refractivity contribution in [2.24, 2.45) is 0 Å². The molecule has 2 N–H and O–H groups in total. The summed E-state index contributed by atoms with van der Waals surface area (Å²) < 4.78 is 25.8. The van der Waals surface area contributed by atoms with Crippen molar-refractivity contribution >= 4 is 43.1 Å². The molecule has 4 heterocycles. The summed E-state index contributed by atoms with van der Waals surface area (Å²) >= 11 is 3.52. The van der Waals surface area contributed by atoms with E-state index in [1.165, 1.54) is 5.56 Å². The van der Waals surface area contributed by atoms with Crippen LogP contribution in [0.2, 0.25) is 0 Å². The molecule has 5 rings (SSSR count). The second-order valence-electron chi connectivity index (χ2n) is 7.87. The number of fused-ring (bicyclic) bond motifs is 1. The third-order valence-corrected chi connectivity index (χ3v) is 8.04. The average Bonchev–Trinajstić information content (AvgIpc) is 3.21. The van der Waals surface area contributed by atoms with Gasteiger partial charge in [0, 0.05) is 36.0 Å². The first-order valence-electron chi connectivity index (χ1n) is 10.1. The molecule has 0 saturated carbocycles. The van der Waals surface area contributed by atoms with Crippen LogP contribution in [0.25, 0.3) is 28.0 Å². The summed E-state index contributed by atoms with van der Waals surface area (Å²) in [6, 6.07) is 12.2. The molecule has 1 aromatic carbocycles. The zero-order valence-corrected chi connectivity index (χ0v) is 19.8. The number of hydrogen-bond donors (Lipinski definition) is 1. The molecule has 0 amide bonds. The lowest BCUT2D eigenvalue weighted by atomic mass is 10.1. The summed E-state index contributed by atoms with van der Waals surface area (Å²) in [6.07, 6.45) is 3.53. The molecular formula is C22H21BrN6O2S. The van der Waals surface area contributed by atoms with E-state index in [2.05, 4.69) is 57.2 Å². The third-order valence-electron chi connectivity index (χ3n) is 5.67. The highest BCUT2D eigenvalue weighted by atomic mass is 79.9. The Morgan fingerprint density at radius 1 is 1.00 bits per heavy atom. The third kappa shape index (κ3) is 3.73. The molecule has 0 aliphatic carbocycles. The number of benzene rings is 1. The lowest BCUT2D eigenvalue weighted by molar-refractivity contribution is 0.586. The highest BCUT2D eigenvalue weighted by Gasteiger charge is 2.26. The van der Waals surface area contributed by atoms with Crippen molar-refractivity contribution in [2.75, 3.05) is 35.2 Å². The molecule has 32 heavy (non-hydrogen) atoms. The molecule has 1 aliphatic heterocycles. The Labute approximate surface area is 194 Å². The van der Waals surface area contributed by atoms with Gasteiger partial charge in [-0.05, 0) is 28.9 Å². The van der Waals surface area contributed by atoms with E-state index in [4.69, 9.17) is 10.7 Å². The van der Waals surface area contributed by atoms with Crippen LogP contribution < -0.4 is 10.6 Å². The van der Waals surface area contributed by atoms with E-state index in [-0.39, 0.29) is 11.5 Å². The number of nitrogen functional groups attached to an aromatic ring is 1. The number of halogens is 1. The molecule has 0 atom stereocenters. The second-order valence-corrected chi connectivity index (χ2v) is 11.0. The van der Waals surface area contributed by atoms with Crippen LogP contribution in [0.4, 0.5) is 11.6 Å².